The van der Waals surface area contributed by atoms with Crippen LogP contribution >= 0.6 is 12.6 Å². The number of carbonyl (C=O) groups is 1. The lowest BCUT2D eigenvalue weighted by molar-refractivity contribution is -0.347. The highest BCUT2D eigenvalue weighted by atomic mass is 32.1. The minimum absolute atomic E-state index is 0.0808. The summed E-state index contributed by atoms with van der Waals surface area (Å²) >= 11 is 4.77. The number of unbranched alkanes of at least 4 members (excludes halogenated alkanes) is 5. The fraction of sp³-hybridized carbons (Fsp3) is 0.971. The van der Waals surface area contributed by atoms with Gasteiger partial charge in [0.15, 0.2) is 12.4 Å². The van der Waals surface area contributed by atoms with Gasteiger partial charge in [0.25, 0.3) is 0 Å². The molecule has 0 bridgehead atoms. The number of hydrogen-bond donors (Lipinski definition) is 1. The highest BCUT2D eigenvalue weighted by Crippen LogP contribution is 2.37. The van der Waals surface area contributed by atoms with Crippen LogP contribution in [0.4, 0.5) is 0 Å². The molecule has 2 saturated heterocycles. The van der Waals surface area contributed by atoms with Crippen LogP contribution in [0.2, 0.25) is 0 Å². The maximum atomic E-state index is 12.6. The van der Waals surface area contributed by atoms with Crippen molar-refractivity contribution >= 4 is 18.6 Å². The van der Waals surface area contributed by atoms with Crippen LogP contribution in [0.15, 0.2) is 0 Å². The van der Waals surface area contributed by atoms with E-state index in [0.29, 0.717) is 46.2 Å². The van der Waals surface area contributed by atoms with Crippen LogP contribution in [-0.4, -0.2) is 107 Å². The molecule has 46 heavy (non-hydrogen) atoms. The zero-order valence-electron chi connectivity index (χ0n) is 29.8. The molecule has 0 N–H and O–H groups in total. The molecule has 10 atom stereocenters. The first-order valence-electron chi connectivity index (χ1n) is 18.1. The number of thiol groups is 1. The van der Waals surface area contributed by atoms with Gasteiger partial charge in [-0.15, -0.1) is 12.6 Å². The molecule has 0 amide bonds. The van der Waals surface area contributed by atoms with E-state index in [9.17, 15) is 4.79 Å². The van der Waals surface area contributed by atoms with Crippen molar-refractivity contribution in [2.24, 2.45) is 5.92 Å². The Kier molecular flexibility index (Phi) is 22.3. The topological polar surface area (TPSA) is 100 Å². The van der Waals surface area contributed by atoms with Gasteiger partial charge in [-0.3, -0.25) is 4.79 Å². The summed E-state index contributed by atoms with van der Waals surface area (Å²) in [7, 11) is 0. The monoisotopic (exact) mass is 678 g/mol. The maximum absolute atomic E-state index is 12.6. The molecule has 272 valence electrons. The summed E-state index contributed by atoms with van der Waals surface area (Å²) in [5, 5.41) is 0. The highest BCUT2D eigenvalue weighted by Gasteiger charge is 2.53. The number of esters is 1. The molecule has 0 aromatic heterocycles. The van der Waals surface area contributed by atoms with Gasteiger partial charge >= 0.3 is 5.97 Å². The van der Waals surface area contributed by atoms with Crippen LogP contribution in [0, 0.1) is 5.92 Å². The van der Waals surface area contributed by atoms with Crippen LogP contribution in [0.25, 0.3) is 0 Å². The van der Waals surface area contributed by atoms with Gasteiger partial charge in [-0.05, 0) is 32.1 Å². The Balaban J connectivity index is 2.48. The summed E-state index contributed by atoms with van der Waals surface area (Å²) in [5.41, 5.74) is -0.357. The Hall–Kier alpha value is -0.500. The quantitative estimate of drug-likeness (QED) is 0.0654. The molecule has 2 aliphatic heterocycles. The fourth-order valence-electron chi connectivity index (χ4n) is 5.57. The predicted molar refractivity (Wildman–Crippen MR) is 181 cm³/mol. The largest absolute Gasteiger partial charge is 0.454 e. The molecule has 10 nitrogen and oxygen atoms in total. The summed E-state index contributed by atoms with van der Waals surface area (Å²) < 4.78 is 57.5. The summed E-state index contributed by atoms with van der Waals surface area (Å²) in [6, 6.07) is 0. The molecule has 0 aromatic carbocycles. The van der Waals surface area contributed by atoms with E-state index < -0.39 is 48.9 Å². The first kappa shape index (κ1) is 41.7. The average molecular weight is 679 g/mol. The van der Waals surface area contributed by atoms with E-state index in [0.717, 1.165) is 64.2 Å². The van der Waals surface area contributed by atoms with Gasteiger partial charge in [-0.2, -0.15) is 0 Å². The fourth-order valence-corrected chi connectivity index (χ4v) is 5.89. The molecule has 5 unspecified atom stereocenters. The lowest BCUT2D eigenvalue weighted by Gasteiger charge is -2.49. The molecule has 0 radical (unpaired) electrons. The Labute approximate surface area is 284 Å². The average Bonchev–Trinajstić information content (AvgIpc) is 3.03. The summed E-state index contributed by atoms with van der Waals surface area (Å²) in [4.78, 5) is 12.6. The van der Waals surface area contributed by atoms with Gasteiger partial charge in [-0.25, -0.2) is 0 Å². The molecule has 0 spiro atoms. The molecular weight excluding hydrogens is 612 g/mol. The van der Waals surface area contributed by atoms with Gasteiger partial charge < -0.3 is 42.6 Å². The number of carbonyl (C=O) groups excluding carboxylic acids is 1. The molecule has 2 heterocycles. The molecule has 2 fully saturated rings. The molecule has 11 heteroatoms. The second-order valence-electron chi connectivity index (χ2n) is 12.6. The van der Waals surface area contributed by atoms with Crippen LogP contribution in [0.5, 0.6) is 0 Å². The van der Waals surface area contributed by atoms with Crippen molar-refractivity contribution in [2.75, 3.05) is 46.2 Å². The minimum atomic E-state index is -0.978. The van der Waals surface area contributed by atoms with E-state index in [4.69, 9.17) is 55.3 Å². The predicted octanol–water partition coefficient (Wildman–Crippen LogP) is 6.51. The molecule has 2 rings (SSSR count). The number of hydrogen-bond acceptors (Lipinski definition) is 11. The van der Waals surface area contributed by atoms with Gasteiger partial charge in [-0.1, -0.05) is 73.6 Å². The standard InChI is InChI=1S/C35H66O10S/c1-8-13-18-37-23-27-30(40-21-16-11-4)32(41-22-17-12-5)33(42-26(7)36)34(43-27)45-31-28(24-38-19-14-9-2)44-35(46)25(6)29(31)39-20-15-10-3/h25,27-35,46H,8-24H2,1-7H3/t25-,27?,28?,29?,30-,31+,32?,33?,34-,35-/m0/s1. The SMILES string of the molecule is CCCCOCC1O[C@@H](S)[C@@H](C)C(OCCCC)[C@@H]1O[C@@H]1OC(COCCCC)[C@H](OCCCC)C(OCCCC)C1OC(C)=O. The lowest BCUT2D eigenvalue weighted by Crippen LogP contribution is -2.65. The van der Waals surface area contributed by atoms with E-state index >= 15 is 0 Å². The number of ether oxygens (including phenoxy) is 9. The van der Waals surface area contributed by atoms with Crippen LogP contribution < -0.4 is 0 Å². The van der Waals surface area contributed by atoms with Crippen LogP contribution in [0.1, 0.15) is 113 Å². The number of rotatable bonds is 25. The summed E-state index contributed by atoms with van der Waals surface area (Å²) in [5.74, 6) is -0.530. The van der Waals surface area contributed by atoms with Gasteiger partial charge in [0.1, 0.15) is 36.0 Å². The van der Waals surface area contributed by atoms with Gasteiger partial charge in [0, 0.05) is 45.9 Å². The Morgan fingerprint density at radius 1 is 0.609 bits per heavy atom. The minimum Gasteiger partial charge on any atom is -0.454 e. The van der Waals surface area contributed by atoms with Crippen LogP contribution in [0.3, 0.4) is 0 Å². The van der Waals surface area contributed by atoms with Gasteiger partial charge in [0.05, 0.1) is 19.3 Å². The first-order valence-corrected chi connectivity index (χ1v) is 18.7. The zero-order valence-corrected chi connectivity index (χ0v) is 30.7. The van der Waals surface area contributed by atoms with Crippen LogP contribution in [-0.2, 0) is 47.4 Å². The Morgan fingerprint density at radius 2 is 1.07 bits per heavy atom. The lowest BCUT2D eigenvalue weighted by atomic mass is 9.92. The van der Waals surface area contributed by atoms with E-state index in [1.807, 2.05) is 0 Å². The van der Waals surface area contributed by atoms with E-state index in [2.05, 4.69) is 41.5 Å². The molecule has 2 aliphatic rings. The molecule has 0 aliphatic carbocycles. The second-order valence-corrected chi connectivity index (χ2v) is 13.1. The highest BCUT2D eigenvalue weighted by molar-refractivity contribution is 7.80. The summed E-state index contributed by atoms with van der Waals surface area (Å²) in [6.45, 7) is 17.5. The van der Waals surface area contributed by atoms with Crippen molar-refractivity contribution in [3.8, 4) is 0 Å². The third-order valence-electron chi connectivity index (χ3n) is 8.43. The third kappa shape index (κ3) is 14.2. The second kappa shape index (κ2) is 24.6. The Bertz CT molecular complexity index is 776. The van der Waals surface area contributed by atoms with Crippen molar-refractivity contribution in [1.82, 2.24) is 0 Å². The van der Waals surface area contributed by atoms with Crippen molar-refractivity contribution < 1.29 is 47.4 Å². The molecule has 0 saturated carbocycles. The van der Waals surface area contributed by atoms with Crippen molar-refractivity contribution in [1.29, 1.82) is 0 Å². The van der Waals surface area contributed by atoms with E-state index in [1.54, 1.807) is 0 Å². The summed E-state index contributed by atoms with van der Waals surface area (Å²) in [6.07, 6.45) is 4.69. The van der Waals surface area contributed by atoms with E-state index in [1.165, 1.54) is 6.92 Å². The van der Waals surface area contributed by atoms with Crippen molar-refractivity contribution in [3.05, 3.63) is 0 Å². The van der Waals surface area contributed by atoms with Gasteiger partial charge in [0.2, 0.25) is 0 Å². The Morgan fingerprint density at radius 3 is 1.57 bits per heavy atom. The smallest absolute Gasteiger partial charge is 0.303 e. The maximum Gasteiger partial charge on any atom is 0.303 e. The van der Waals surface area contributed by atoms with Crippen molar-refractivity contribution in [2.45, 2.75) is 167 Å². The molecule has 0 aromatic rings. The normalized spacial score (nSPS) is 31.7. The zero-order chi connectivity index (χ0) is 33.7. The first-order chi connectivity index (χ1) is 22.3. The van der Waals surface area contributed by atoms with E-state index in [-0.39, 0.29) is 17.5 Å². The third-order valence-corrected chi connectivity index (χ3v) is 9.02. The van der Waals surface area contributed by atoms with Crippen molar-refractivity contribution in [3.63, 3.8) is 0 Å². The molecular formula is C35H66O10S.